The average molecular weight is 198 g/mol. The van der Waals surface area contributed by atoms with Gasteiger partial charge in [0.05, 0.1) is 6.04 Å². The van der Waals surface area contributed by atoms with Crippen LogP contribution >= 0.6 is 0 Å². The van der Waals surface area contributed by atoms with E-state index in [0.717, 1.165) is 25.7 Å². The minimum absolute atomic E-state index is 0.150. The van der Waals surface area contributed by atoms with E-state index in [0.29, 0.717) is 0 Å². The van der Waals surface area contributed by atoms with Crippen molar-refractivity contribution in [2.45, 2.75) is 44.4 Å². The molecular formula is C8H14N4O2. The van der Waals surface area contributed by atoms with Crippen LogP contribution in [-0.4, -0.2) is 30.4 Å². The van der Waals surface area contributed by atoms with E-state index >= 15 is 0 Å². The van der Waals surface area contributed by atoms with Gasteiger partial charge in [-0.2, -0.15) is 0 Å². The lowest BCUT2D eigenvalue weighted by Crippen LogP contribution is -2.18. The summed E-state index contributed by atoms with van der Waals surface area (Å²) in [6.07, 6.45) is 4.02. The molecule has 1 aliphatic carbocycles. The van der Waals surface area contributed by atoms with Gasteiger partial charge in [0.1, 0.15) is 0 Å². The van der Waals surface area contributed by atoms with Gasteiger partial charge in [-0.3, -0.25) is 0 Å². The van der Waals surface area contributed by atoms with Gasteiger partial charge in [-0.25, -0.2) is 4.68 Å². The Morgan fingerprint density at radius 1 is 1.21 bits per heavy atom. The Balaban J connectivity index is 2.17. The molecule has 0 aliphatic heterocycles. The van der Waals surface area contributed by atoms with Crippen molar-refractivity contribution in [3.63, 3.8) is 0 Å². The SMILES string of the molecule is OC(O)c1nnnn1C1CCCCC1. The first-order chi connectivity index (χ1) is 6.79. The van der Waals surface area contributed by atoms with Gasteiger partial charge in [-0.15, -0.1) is 5.10 Å². The highest BCUT2D eigenvalue weighted by atomic mass is 16.5. The second kappa shape index (κ2) is 4.02. The van der Waals surface area contributed by atoms with Crippen LogP contribution in [-0.2, 0) is 0 Å². The van der Waals surface area contributed by atoms with Crippen molar-refractivity contribution in [1.29, 1.82) is 0 Å². The molecule has 1 fully saturated rings. The van der Waals surface area contributed by atoms with Gasteiger partial charge in [0.25, 0.3) is 0 Å². The summed E-state index contributed by atoms with van der Waals surface area (Å²) in [4.78, 5) is 0. The molecule has 0 atom stereocenters. The molecule has 1 aliphatic rings. The Morgan fingerprint density at radius 2 is 1.93 bits per heavy atom. The monoisotopic (exact) mass is 198 g/mol. The first kappa shape index (κ1) is 9.54. The van der Waals surface area contributed by atoms with Gasteiger partial charge in [0.15, 0.2) is 0 Å². The maximum atomic E-state index is 9.02. The van der Waals surface area contributed by atoms with Crippen molar-refractivity contribution in [2.75, 3.05) is 0 Å². The third kappa shape index (κ3) is 1.76. The highest BCUT2D eigenvalue weighted by molar-refractivity contribution is 4.86. The van der Waals surface area contributed by atoms with E-state index < -0.39 is 6.29 Å². The number of hydrogen-bond acceptors (Lipinski definition) is 5. The third-order valence-electron chi connectivity index (χ3n) is 2.67. The van der Waals surface area contributed by atoms with E-state index in [1.807, 2.05) is 0 Å². The second-order valence-corrected chi connectivity index (χ2v) is 3.65. The topological polar surface area (TPSA) is 84.1 Å². The van der Waals surface area contributed by atoms with Crippen LogP contribution in [0.1, 0.15) is 50.3 Å². The van der Waals surface area contributed by atoms with Crippen LogP contribution in [0.25, 0.3) is 0 Å². The van der Waals surface area contributed by atoms with Crippen LogP contribution in [0.2, 0.25) is 0 Å². The second-order valence-electron chi connectivity index (χ2n) is 3.65. The van der Waals surface area contributed by atoms with E-state index in [9.17, 15) is 0 Å². The molecule has 0 saturated heterocycles. The quantitative estimate of drug-likeness (QED) is 0.661. The summed E-state index contributed by atoms with van der Waals surface area (Å²) in [5.74, 6) is 0.150. The first-order valence-electron chi connectivity index (χ1n) is 4.93. The standard InChI is InChI=1S/C8H14N4O2/c13-8(14)7-9-10-11-12(7)6-4-2-1-3-5-6/h6,8,13-14H,1-5H2. The Bertz CT molecular complexity index is 293. The summed E-state index contributed by atoms with van der Waals surface area (Å²) in [5, 5.41) is 28.9. The molecule has 0 amide bonds. The lowest BCUT2D eigenvalue weighted by Gasteiger charge is -2.22. The average Bonchev–Trinajstić information content (AvgIpc) is 2.67. The van der Waals surface area contributed by atoms with Crippen LogP contribution in [0.3, 0.4) is 0 Å². The Labute approximate surface area is 81.6 Å². The van der Waals surface area contributed by atoms with Gasteiger partial charge in [-0.1, -0.05) is 19.3 Å². The van der Waals surface area contributed by atoms with Crippen LogP contribution in [0.5, 0.6) is 0 Å². The van der Waals surface area contributed by atoms with Gasteiger partial charge >= 0.3 is 0 Å². The molecule has 6 nitrogen and oxygen atoms in total. The van der Waals surface area contributed by atoms with Crippen molar-refractivity contribution in [3.05, 3.63) is 5.82 Å². The zero-order valence-electron chi connectivity index (χ0n) is 7.87. The van der Waals surface area contributed by atoms with Crippen LogP contribution < -0.4 is 0 Å². The van der Waals surface area contributed by atoms with Gasteiger partial charge in [-0.05, 0) is 23.3 Å². The summed E-state index contributed by atoms with van der Waals surface area (Å²) in [5.41, 5.74) is 0. The Hall–Kier alpha value is -1.01. The molecule has 0 spiro atoms. The zero-order chi connectivity index (χ0) is 9.97. The molecule has 6 heteroatoms. The number of hydrogen-bond donors (Lipinski definition) is 2. The molecule has 2 rings (SSSR count). The maximum absolute atomic E-state index is 9.02. The Morgan fingerprint density at radius 3 is 2.57 bits per heavy atom. The molecular weight excluding hydrogens is 184 g/mol. The molecule has 0 aromatic carbocycles. The number of aromatic nitrogens is 4. The van der Waals surface area contributed by atoms with Crippen molar-refractivity contribution < 1.29 is 10.2 Å². The predicted molar refractivity (Wildman–Crippen MR) is 47.1 cm³/mol. The van der Waals surface area contributed by atoms with Crippen molar-refractivity contribution in [1.82, 2.24) is 20.2 Å². The van der Waals surface area contributed by atoms with E-state index in [1.165, 1.54) is 6.42 Å². The van der Waals surface area contributed by atoms with E-state index in [-0.39, 0.29) is 11.9 Å². The fourth-order valence-corrected chi connectivity index (χ4v) is 1.96. The molecule has 0 unspecified atom stereocenters. The fourth-order valence-electron chi connectivity index (χ4n) is 1.96. The van der Waals surface area contributed by atoms with E-state index in [2.05, 4.69) is 15.5 Å². The number of tetrazole rings is 1. The number of rotatable bonds is 2. The van der Waals surface area contributed by atoms with Gasteiger partial charge in [0.2, 0.25) is 12.1 Å². The summed E-state index contributed by atoms with van der Waals surface area (Å²) in [7, 11) is 0. The molecule has 0 radical (unpaired) electrons. The summed E-state index contributed by atoms with van der Waals surface area (Å²) < 4.78 is 1.55. The van der Waals surface area contributed by atoms with Gasteiger partial charge in [0, 0.05) is 0 Å². The third-order valence-corrected chi connectivity index (χ3v) is 2.67. The van der Waals surface area contributed by atoms with Crippen molar-refractivity contribution in [3.8, 4) is 0 Å². The first-order valence-corrected chi connectivity index (χ1v) is 4.93. The number of nitrogens with zero attached hydrogens (tertiary/aromatic N) is 4. The Kier molecular flexibility index (Phi) is 2.74. The summed E-state index contributed by atoms with van der Waals surface area (Å²) in [6, 6.07) is 0.232. The predicted octanol–water partition coefficient (Wildman–Crippen LogP) is 0.161. The number of aliphatic hydroxyl groups excluding tert-OH is 1. The van der Waals surface area contributed by atoms with Crippen LogP contribution in [0, 0.1) is 0 Å². The summed E-state index contributed by atoms with van der Waals surface area (Å²) in [6.45, 7) is 0. The highest BCUT2D eigenvalue weighted by Crippen LogP contribution is 2.28. The fraction of sp³-hybridized carbons (Fsp3) is 0.875. The highest BCUT2D eigenvalue weighted by Gasteiger charge is 2.22. The minimum Gasteiger partial charge on any atom is -0.362 e. The van der Waals surface area contributed by atoms with Crippen molar-refractivity contribution >= 4 is 0 Å². The molecule has 1 aromatic rings. The maximum Gasteiger partial charge on any atom is 0.216 e. The van der Waals surface area contributed by atoms with Gasteiger partial charge < -0.3 is 10.2 Å². The minimum atomic E-state index is -1.58. The van der Waals surface area contributed by atoms with Crippen LogP contribution in [0.4, 0.5) is 0 Å². The molecule has 1 aromatic heterocycles. The van der Waals surface area contributed by atoms with E-state index in [4.69, 9.17) is 10.2 Å². The van der Waals surface area contributed by atoms with E-state index in [1.54, 1.807) is 4.68 Å². The smallest absolute Gasteiger partial charge is 0.216 e. The summed E-state index contributed by atoms with van der Waals surface area (Å²) >= 11 is 0. The molecule has 0 bridgehead atoms. The molecule has 14 heavy (non-hydrogen) atoms. The molecule has 1 saturated carbocycles. The largest absolute Gasteiger partial charge is 0.362 e. The van der Waals surface area contributed by atoms with Crippen molar-refractivity contribution in [2.24, 2.45) is 0 Å². The molecule has 1 heterocycles. The normalized spacial score (nSPS) is 19.1. The lowest BCUT2D eigenvalue weighted by atomic mass is 9.95. The lowest BCUT2D eigenvalue weighted by molar-refractivity contribution is -0.0541. The molecule has 78 valence electrons. The zero-order valence-corrected chi connectivity index (χ0v) is 7.87. The number of aliphatic hydroxyl groups is 2. The molecule has 2 N–H and O–H groups in total. The van der Waals surface area contributed by atoms with Crippen LogP contribution in [0.15, 0.2) is 0 Å².